The van der Waals surface area contributed by atoms with Crippen molar-refractivity contribution in [1.82, 2.24) is 4.57 Å². The normalized spacial score (nSPS) is 12.3. The molecule has 0 unspecified atom stereocenters. The van der Waals surface area contributed by atoms with Gasteiger partial charge in [-0.05, 0) is 60.7 Å². The van der Waals surface area contributed by atoms with E-state index < -0.39 is 21.7 Å². The fourth-order valence-electron chi connectivity index (χ4n) is 2.91. The number of anilines is 1. The Morgan fingerprint density at radius 3 is 2.58 bits per heavy atom. The molecule has 4 aromatic rings. The van der Waals surface area contributed by atoms with Crippen molar-refractivity contribution in [2.45, 2.75) is 4.90 Å². The number of carbonyl (C=O) groups excluding carboxylic acids is 1. The minimum absolute atomic E-state index is 0.0914. The fourth-order valence-corrected chi connectivity index (χ4v) is 5.25. The van der Waals surface area contributed by atoms with Gasteiger partial charge < -0.3 is 4.57 Å². The summed E-state index contributed by atoms with van der Waals surface area (Å²) >= 11 is 7.35. The second kappa shape index (κ2) is 8.26. The summed E-state index contributed by atoms with van der Waals surface area (Å²) in [5.74, 6) is -1.05. The molecule has 158 valence electrons. The Morgan fingerprint density at radius 2 is 1.84 bits per heavy atom. The molecule has 1 aromatic heterocycles. The number of aryl methyl sites for hydroxylation is 1. The number of halogens is 2. The van der Waals surface area contributed by atoms with E-state index in [1.54, 1.807) is 35.9 Å². The summed E-state index contributed by atoms with van der Waals surface area (Å²) in [4.78, 5) is 17.3. The monoisotopic (exact) mass is 475 g/mol. The maximum Gasteiger partial charge on any atom is 0.279 e. The molecule has 1 N–H and O–H groups in total. The average molecular weight is 476 g/mol. The van der Waals surface area contributed by atoms with Gasteiger partial charge in [-0.3, -0.25) is 9.52 Å². The van der Waals surface area contributed by atoms with Crippen LogP contribution in [0.4, 0.5) is 10.1 Å². The Bertz CT molecular complexity index is 1480. The van der Waals surface area contributed by atoms with Gasteiger partial charge in [0, 0.05) is 23.3 Å². The molecule has 1 heterocycles. The van der Waals surface area contributed by atoms with Crippen molar-refractivity contribution in [2.24, 2.45) is 12.0 Å². The van der Waals surface area contributed by atoms with Crippen LogP contribution in [0.3, 0.4) is 0 Å². The smallest absolute Gasteiger partial charge is 0.279 e. The van der Waals surface area contributed by atoms with Crippen LogP contribution in [-0.2, 0) is 17.1 Å². The lowest BCUT2D eigenvalue weighted by Gasteiger charge is -2.08. The Morgan fingerprint density at radius 1 is 1.10 bits per heavy atom. The topological polar surface area (TPSA) is 80.5 Å². The maximum absolute atomic E-state index is 13.1. The maximum atomic E-state index is 13.1. The van der Waals surface area contributed by atoms with Gasteiger partial charge in [0.1, 0.15) is 5.82 Å². The second-order valence-electron chi connectivity index (χ2n) is 6.61. The quantitative estimate of drug-likeness (QED) is 0.469. The van der Waals surface area contributed by atoms with E-state index in [4.69, 9.17) is 11.6 Å². The first-order chi connectivity index (χ1) is 14.7. The molecule has 0 aliphatic heterocycles. The molecule has 0 aliphatic rings. The Kier molecular flexibility index (Phi) is 5.65. The Labute approximate surface area is 186 Å². The molecule has 6 nitrogen and oxygen atoms in total. The third-order valence-corrected chi connectivity index (χ3v) is 7.18. The van der Waals surface area contributed by atoms with E-state index in [0.29, 0.717) is 9.82 Å². The number of nitrogens with zero attached hydrogens (tertiary/aromatic N) is 2. The van der Waals surface area contributed by atoms with Crippen LogP contribution < -0.4 is 9.52 Å². The predicted molar refractivity (Wildman–Crippen MR) is 119 cm³/mol. The van der Waals surface area contributed by atoms with Crippen LogP contribution in [-0.4, -0.2) is 18.9 Å². The minimum atomic E-state index is -3.93. The molecule has 0 saturated heterocycles. The zero-order valence-electron chi connectivity index (χ0n) is 16.0. The lowest BCUT2D eigenvalue weighted by molar-refractivity contribution is 0.0998. The molecule has 4 rings (SSSR count). The number of rotatable bonds is 4. The van der Waals surface area contributed by atoms with Crippen LogP contribution in [0.1, 0.15) is 10.4 Å². The molecule has 31 heavy (non-hydrogen) atoms. The fraction of sp³-hybridized carbons (Fsp3) is 0.0476. The van der Waals surface area contributed by atoms with Gasteiger partial charge in [-0.15, -0.1) is 0 Å². The van der Waals surface area contributed by atoms with E-state index in [1.807, 2.05) is 6.07 Å². The number of amides is 1. The van der Waals surface area contributed by atoms with Crippen molar-refractivity contribution < 1.29 is 17.6 Å². The van der Waals surface area contributed by atoms with Crippen LogP contribution in [0.2, 0.25) is 5.02 Å². The van der Waals surface area contributed by atoms with Crippen molar-refractivity contribution in [2.75, 3.05) is 4.72 Å². The van der Waals surface area contributed by atoms with Crippen molar-refractivity contribution in [3.8, 4) is 0 Å². The number of thiazole rings is 1. The summed E-state index contributed by atoms with van der Waals surface area (Å²) in [5, 5.41) is 0.591. The van der Waals surface area contributed by atoms with E-state index >= 15 is 0 Å². The molecule has 1 amide bonds. The third-order valence-electron chi connectivity index (χ3n) is 4.45. The first kappa shape index (κ1) is 21.2. The van der Waals surface area contributed by atoms with Crippen LogP contribution in [0.25, 0.3) is 10.2 Å². The van der Waals surface area contributed by atoms with Gasteiger partial charge in [-0.1, -0.05) is 29.0 Å². The standard InChI is InChI=1S/C21H15ClFN3O3S2/c1-26-18-10-5-14(22)12-19(18)30-21(26)24-20(27)13-3-2-4-16(11-13)25-31(28,29)17-8-6-15(23)7-9-17/h2-12,25H,1H3. The zero-order chi connectivity index (χ0) is 22.2. The van der Waals surface area contributed by atoms with Gasteiger partial charge in [0.25, 0.3) is 15.9 Å². The van der Waals surface area contributed by atoms with Crippen LogP contribution in [0, 0.1) is 5.82 Å². The van der Waals surface area contributed by atoms with E-state index in [1.165, 1.54) is 23.5 Å². The zero-order valence-corrected chi connectivity index (χ0v) is 18.4. The molecule has 0 bridgehead atoms. The highest BCUT2D eigenvalue weighted by Crippen LogP contribution is 2.22. The van der Waals surface area contributed by atoms with Crippen LogP contribution in [0.15, 0.2) is 76.6 Å². The van der Waals surface area contributed by atoms with Gasteiger partial charge in [-0.2, -0.15) is 4.99 Å². The van der Waals surface area contributed by atoms with Gasteiger partial charge in [0.15, 0.2) is 4.80 Å². The predicted octanol–water partition coefficient (Wildman–Crippen LogP) is 4.57. The van der Waals surface area contributed by atoms with Crippen molar-refractivity contribution in [3.63, 3.8) is 0 Å². The van der Waals surface area contributed by atoms with E-state index in [-0.39, 0.29) is 16.1 Å². The van der Waals surface area contributed by atoms with Crippen molar-refractivity contribution in [3.05, 3.63) is 87.9 Å². The molecular formula is C21H15ClFN3O3S2. The van der Waals surface area contributed by atoms with Gasteiger partial charge in [0.05, 0.1) is 15.1 Å². The first-order valence-corrected chi connectivity index (χ1v) is 11.6. The van der Waals surface area contributed by atoms with Gasteiger partial charge in [0.2, 0.25) is 0 Å². The van der Waals surface area contributed by atoms with Gasteiger partial charge in [-0.25, -0.2) is 12.8 Å². The van der Waals surface area contributed by atoms with E-state index in [0.717, 1.165) is 34.5 Å². The number of benzene rings is 3. The van der Waals surface area contributed by atoms with Crippen LogP contribution >= 0.6 is 22.9 Å². The molecule has 0 radical (unpaired) electrons. The molecule has 3 aromatic carbocycles. The third kappa shape index (κ3) is 4.53. The first-order valence-electron chi connectivity index (χ1n) is 8.95. The molecule has 10 heteroatoms. The highest BCUT2D eigenvalue weighted by Gasteiger charge is 2.15. The van der Waals surface area contributed by atoms with E-state index in [2.05, 4.69) is 9.71 Å². The largest absolute Gasteiger partial charge is 0.319 e. The molecule has 0 spiro atoms. The number of aromatic nitrogens is 1. The second-order valence-corrected chi connectivity index (χ2v) is 9.74. The summed E-state index contributed by atoms with van der Waals surface area (Å²) < 4.78 is 43.1. The summed E-state index contributed by atoms with van der Waals surface area (Å²) in [6, 6.07) is 15.9. The number of fused-ring (bicyclic) bond motifs is 1. The van der Waals surface area contributed by atoms with E-state index in [9.17, 15) is 17.6 Å². The Hall–Kier alpha value is -3.01. The summed E-state index contributed by atoms with van der Waals surface area (Å²) in [6.07, 6.45) is 0. The molecular weight excluding hydrogens is 461 g/mol. The average Bonchev–Trinajstić information content (AvgIpc) is 3.02. The van der Waals surface area contributed by atoms with Crippen molar-refractivity contribution >= 4 is 54.8 Å². The summed E-state index contributed by atoms with van der Waals surface area (Å²) in [7, 11) is -2.13. The SMILES string of the molecule is Cn1c(=NC(=O)c2cccc(NS(=O)(=O)c3ccc(F)cc3)c2)sc2cc(Cl)ccc21. The number of hydrogen-bond acceptors (Lipinski definition) is 4. The van der Waals surface area contributed by atoms with Crippen LogP contribution in [0.5, 0.6) is 0 Å². The molecule has 0 atom stereocenters. The number of carbonyl (C=O) groups is 1. The van der Waals surface area contributed by atoms with Crippen molar-refractivity contribution in [1.29, 1.82) is 0 Å². The lowest BCUT2D eigenvalue weighted by atomic mass is 10.2. The summed E-state index contributed by atoms with van der Waals surface area (Å²) in [6.45, 7) is 0. The number of sulfonamides is 1. The molecule has 0 aliphatic carbocycles. The number of hydrogen-bond donors (Lipinski definition) is 1. The number of nitrogens with one attached hydrogen (secondary N) is 1. The van der Waals surface area contributed by atoms with Gasteiger partial charge >= 0.3 is 0 Å². The minimum Gasteiger partial charge on any atom is -0.319 e. The molecule has 0 saturated carbocycles. The highest BCUT2D eigenvalue weighted by molar-refractivity contribution is 7.92. The highest BCUT2D eigenvalue weighted by atomic mass is 35.5. The summed E-state index contributed by atoms with van der Waals surface area (Å²) in [5.41, 5.74) is 1.30. The lowest BCUT2D eigenvalue weighted by Crippen LogP contribution is -2.14. The molecule has 0 fully saturated rings. The Balaban J connectivity index is 1.64.